The fourth-order valence-corrected chi connectivity index (χ4v) is 3.64. The maximum absolute atomic E-state index is 12.5. The fourth-order valence-electron chi connectivity index (χ4n) is 2.63. The number of rotatable bonds is 2. The first kappa shape index (κ1) is 13.5. The topological polar surface area (TPSA) is 57.6 Å². The van der Waals surface area contributed by atoms with E-state index in [-0.39, 0.29) is 17.9 Å². The molecule has 3 atom stereocenters. The molecule has 18 heavy (non-hydrogen) atoms. The van der Waals surface area contributed by atoms with Gasteiger partial charge < -0.3 is 10.0 Å². The minimum atomic E-state index is -0.850. The highest BCUT2D eigenvalue weighted by atomic mass is 32.2. The lowest BCUT2D eigenvalue weighted by Gasteiger charge is -2.37. The Morgan fingerprint density at radius 2 is 1.94 bits per heavy atom. The number of thioether (sulfide) groups is 1. The molecule has 0 radical (unpaired) electrons. The summed E-state index contributed by atoms with van der Waals surface area (Å²) in [5.41, 5.74) is 0. The van der Waals surface area contributed by atoms with Crippen LogP contribution in [-0.2, 0) is 9.59 Å². The van der Waals surface area contributed by atoms with Crippen LogP contribution in [0.1, 0.15) is 19.8 Å². The molecule has 1 unspecified atom stereocenters. The lowest BCUT2D eigenvalue weighted by Crippen LogP contribution is -2.49. The van der Waals surface area contributed by atoms with Crippen molar-refractivity contribution in [3.05, 3.63) is 12.2 Å². The van der Waals surface area contributed by atoms with Crippen LogP contribution in [0.15, 0.2) is 12.2 Å². The Balaban J connectivity index is 2.11. The van der Waals surface area contributed by atoms with Gasteiger partial charge in [-0.2, -0.15) is 11.8 Å². The van der Waals surface area contributed by atoms with Crippen molar-refractivity contribution in [3.63, 3.8) is 0 Å². The van der Waals surface area contributed by atoms with E-state index in [9.17, 15) is 14.7 Å². The maximum Gasteiger partial charge on any atom is 0.307 e. The van der Waals surface area contributed by atoms with Crippen molar-refractivity contribution in [2.45, 2.75) is 25.8 Å². The van der Waals surface area contributed by atoms with Crippen molar-refractivity contribution in [2.75, 3.05) is 18.1 Å². The second kappa shape index (κ2) is 5.78. The molecule has 1 aliphatic heterocycles. The van der Waals surface area contributed by atoms with Gasteiger partial charge in [0.05, 0.1) is 11.8 Å². The van der Waals surface area contributed by atoms with Gasteiger partial charge in [0.2, 0.25) is 5.91 Å². The zero-order chi connectivity index (χ0) is 13.1. The first-order valence-corrected chi connectivity index (χ1v) is 7.52. The summed E-state index contributed by atoms with van der Waals surface area (Å²) in [6.07, 6.45) is 4.85. The molecule has 100 valence electrons. The average molecular weight is 269 g/mol. The van der Waals surface area contributed by atoms with Crippen LogP contribution in [0.2, 0.25) is 0 Å². The molecule has 1 N–H and O–H groups in total. The van der Waals surface area contributed by atoms with Gasteiger partial charge >= 0.3 is 5.97 Å². The van der Waals surface area contributed by atoms with E-state index in [2.05, 4.69) is 0 Å². The van der Waals surface area contributed by atoms with E-state index in [1.807, 2.05) is 35.7 Å². The van der Waals surface area contributed by atoms with Crippen molar-refractivity contribution in [2.24, 2.45) is 11.8 Å². The second-order valence-electron chi connectivity index (χ2n) is 4.95. The summed E-state index contributed by atoms with van der Waals surface area (Å²) in [5.74, 6) is 0.154. The third-order valence-electron chi connectivity index (χ3n) is 3.72. The van der Waals surface area contributed by atoms with E-state index in [0.717, 1.165) is 18.1 Å². The number of hydrogen-bond donors (Lipinski definition) is 1. The minimum Gasteiger partial charge on any atom is -0.481 e. The molecule has 2 aliphatic rings. The lowest BCUT2D eigenvalue weighted by atomic mass is 9.82. The zero-order valence-corrected chi connectivity index (χ0v) is 11.4. The summed E-state index contributed by atoms with van der Waals surface area (Å²) < 4.78 is 0. The predicted octanol–water partition coefficient (Wildman–Crippen LogP) is 1.62. The summed E-state index contributed by atoms with van der Waals surface area (Å²) >= 11 is 1.85. The molecule has 5 heteroatoms. The van der Waals surface area contributed by atoms with Gasteiger partial charge in [0.15, 0.2) is 0 Å². The molecule has 1 aliphatic carbocycles. The molecule has 1 fully saturated rings. The van der Waals surface area contributed by atoms with E-state index in [1.54, 1.807) is 0 Å². The summed E-state index contributed by atoms with van der Waals surface area (Å²) in [6.45, 7) is 2.79. The van der Waals surface area contributed by atoms with Gasteiger partial charge in [-0.25, -0.2) is 0 Å². The lowest BCUT2D eigenvalue weighted by molar-refractivity contribution is -0.151. The Hall–Kier alpha value is -0.970. The number of aliphatic carboxylic acids is 1. The predicted molar refractivity (Wildman–Crippen MR) is 71.5 cm³/mol. The number of carbonyl (C=O) groups is 2. The molecule has 0 aromatic carbocycles. The first-order valence-electron chi connectivity index (χ1n) is 6.37. The molecule has 0 aromatic rings. The van der Waals surface area contributed by atoms with Crippen LogP contribution in [0, 0.1) is 11.8 Å². The van der Waals surface area contributed by atoms with Crippen LogP contribution in [0.4, 0.5) is 0 Å². The van der Waals surface area contributed by atoms with Gasteiger partial charge in [-0.15, -0.1) is 0 Å². The van der Waals surface area contributed by atoms with Gasteiger partial charge in [0.25, 0.3) is 0 Å². The van der Waals surface area contributed by atoms with Gasteiger partial charge in [-0.3, -0.25) is 9.59 Å². The highest BCUT2D eigenvalue weighted by Gasteiger charge is 2.38. The highest BCUT2D eigenvalue weighted by molar-refractivity contribution is 7.99. The third-order valence-corrected chi connectivity index (χ3v) is 4.91. The van der Waals surface area contributed by atoms with Gasteiger partial charge in [0, 0.05) is 24.1 Å². The second-order valence-corrected chi connectivity index (χ2v) is 6.10. The number of carbonyl (C=O) groups excluding carboxylic acids is 1. The van der Waals surface area contributed by atoms with Gasteiger partial charge in [-0.1, -0.05) is 12.2 Å². The molecule has 2 rings (SSSR count). The standard InChI is InChI=1S/C13H19NO3S/c1-9-8-18-7-6-14(9)12(15)10-4-2-3-5-11(10)13(16)17/h2-3,9-11H,4-8H2,1H3,(H,16,17)/t9?,10-,11+/m1/s1. The molecule has 0 saturated carbocycles. The quantitative estimate of drug-likeness (QED) is 0.774. The highest BCUT2D eigenvalue weighted by Crippen LogP contribution is 2.29. The molecule has 0 aromatic heterocycles. The van der Waals surface area contributed by atoms with Crippen LogP contribution in [0.5, 0.6) is 0 Å². The van der Waals surface area contributed by atoms with Crippen molar-refractivity contribution in [1.29, 1.82) is 0 Å². The number of amides is 1. The number of hydrogen-bond acceptors (Lipinski definition) is 3. The summed E-state index contributed by atoms with van der Waals surface area (Å²) in [4.78, 5) is 25.6. The van der Waals surface area contributed by atoms with E-state index in [1.165, 1.54) is 0 Å². The molecule has 1 heterocycles. The zero-order valence-electron chi connectivity index (χ0n) is 10.5. The largest absolute Gasteiger partial charge is 0.481 e. The summed E-state index contributed by atoms with van der Waals surface area (Å²) in [6, 6.07) is 0.219. The van der Waals surface area contributed by atoms with E-state index in [0.29, 0.717) is 12.8 Å². The van der Waals surface area contributed by atoms with Gasteiger partial charge in [0.1, 0.15) is 0 Å². The number of carboxylic acid groups (broad SMARTS) is 1. The van der Waals surface area contributed by atoms with Crippen LogP contribution >= 0.6 is 11.8 Å². The third kappa shape index (κ3) is 2.71. The number of nitrogens with zero attached hydrogens (tertiary/aromatic N) is 1. The molecule has 1 amide bonds. The summed E-state index contributed by atoms with van der Waals surface area (Å²) in [5, 5.41) is 9.21. The normalized spacial score (nSPS) is 32.3. The Labute approximate surface area is 111 Å². The Morgan fingerprint density at radius 1 is 1.28 bits per heavy atom. The Kier molecular flexibility index (Phi) is 4.32. The van der Waals surface area contributed by atoms with E-state index >= 15 is 0 Å². The molecular formula is C13H19NO3S. The number of carboxylic acids is 1. The molecule has 0 spiro atoms. The van der Waals surface area contributed by atoms with Crippen LogP contribution in [0.25, 0.3) is 0 Å². The summed E-state index contributed by atoms with van der Waals surface area (Å²) in [7, 11) is 0. The molecule has 4 nitrogen and oxygen atoms in total. The SMILES string of the molecule is CC1CSCCN1C(=O)[C@@H]1CC=CC[C@@H]1C(=O)O. The van der Waals surface area contributed by atoms with Gasteiger partial charge in [-0.05, 0) is 19.8 Å². The van der Waals surface area contributed by atoms with Crippen molar-refractivity contribution in [3.8, 4) is 0 Å². The number of allylic oxidation sites excluding steroid dienone is 2. The maximum atomic E-state index is 12.5. The molecular weight excluding hydrogens is 250 g/mol. The van der Waals surface area contributed by atoms with E-state index < -0.39 is 11.9 Å². The van der Waals surface area contributed by atoms with E-state index in [4.69, 9.17) is 0 Å². The first-order chi connectivity index (χ1) is 8.61. The van der Waals surface area contributed by atoms with Crippen LogP contribution < -0.4 is 0 Å². The molecule has 1 saturated heterocycles. The van der Waals surface area contributed by atoms with Crippen molar-refractivity contribution >= 4 is 23.6 Å². The average Bonchev–Trinajstić information content (AvgIpc) is 2.38. The molecule has 0 bridgehead atoms. The van der Waals surface area contributed by atoms with Crippen LogP contribution in [-0.4, -0.2) is 46.0 Å². The van der Waals surface area contributed by atoms with Crippen molar-refractivity contribution < 1.29 is 14.7 Å². The minimum absolute atomic E-state index is 0.0274. The van der Waals surface area contributed by atoms with Crippen LogP contribution in [0.3, 0.4) is 0 Å². The fraction of sp³-hybridized carbons (Fsp3) is 0.692. The monoisotopic (exact) mass is 269 g/mol. The Bertz CT molecular complexity index is 369. The smallest absolute Gasteiger partial charge is 0.307 e. The Morgan fingerprint density at radius 3 is 2.56 bits per heavy atom. The van der Waals surface area contributed by atoms with Crippen molar-refractivity contribution in [1.82, 2.24) is 4.90 Å².